The number of hydrogen-bond donors (Lipinski definition) is 3. The van der Waals surface area contributed by atoms with E-state index >= 15 is 0 Å². The third-order valence-electron chi connectivity index (χ3n) is 1.76. The van der Waals surface area contributed by atoms with E-state index in [-0.39, 0.29) is 13.0 Å². The molecule has 6 nitrogen and oxygen atoms in total. The lowest BCUT2D eigenvalue weighted by Gasteiger charge is -2.19. The largest absolute Gasteiger partial charge is 0.480 e. The first kappa shape index (κ1) is 13.4. The van der Waals surface area contributed by atoms with Gasteiger partial charge in [0.2, 0.25) is 0 Å². The van der Waals surface area contributed by atoms with Crippen molar-refractivity contribution in [2.45, 2.75) is 12.5 Å². The first-order valence-electron chi connectivity index (χ1n) is 4.49. The first-order valence-corrected chi connectivity index (χ1v) is 4.49. The molecule has 0 aliphatic heterocycles. The summed E-state index contributed by atoms with van der Waals surface area (Å²) < 4.78 is 0. The van der Waals surface area contributed by atoms with Gasteiger partial charge >= 0.3 is 12.0 Å². The van der Waals surface area contributed by atoms with Crippen LogP contribution in [-0.2, 0) is 4.79 Å². The molecule has 86 valence electrons. The minimum absolute atomic E-state index is 0.0109. The highest BCUT2D eigenvalue weighted by molar-refractivity contribution is 5.82. The number of nitrogens with zero attached hydrogens (tertiary/aromatic N) is 1. The summed E-state index contributed by atoms with van der Waals surface area (Å²) in [6.07, 6.45) is 1.52. The van der Waals surface area contributed by atoms with Crippen molar-refractivity contribution in [3.63, 3.8) is 0 Å². The molecule has 6 heteroatoms. The highest BCUT2D eigenvalue weighted by Gasteiger charge is 2.20. The fraction of sp³-hybridized carbons (Fsp3) is 0.556. The van der Waals surface area contributed by atoms with Crippen LogP contribution in [0.4, 0.5) is 4.79 Å². The summed E-state index contributed by atoms with van der Waals surface area (Å²) in [5.74, 6) is -1.16. The van der Waals surface area contributed by atoms with E-state index in [1.165, 1.54) is 18.0 Å². The third-order valence-corrected chi connectivity index (χ3v) is 1.76. The molecule has 1 atom stereocenters. The molecule has 0 unspecified atom stereocenters. The highest BCUT2D eigenvalue weighted by atomic mass is 16.4. The summed E-state index contributed by atoms with van der Waals surface area (Å²) in [5.41, 5.74) is 0. The molecule has 0 aromatic rings. The van der Waals surface area contributed by atoms with E-state index in [0.29, 0.717) is 6.54 Å². The van der Waals surface area contributed by atoms with Gasteiger partial charge in [-0.15, -0.1) is 6.58 Å². The van der Waals surface area contributed by atoms with Crippen LogP contribution in [0.1, 0.15) is 6.42 Å². The molecule has 0 aromatic heterocycles. The lowest BCUT2D eigenvalue weighted by molar-refractivity contribution is -0.139. The van der Waals surface area contributed by atoms with Crippen LogP contribution in [0.3, 0.4) is 0 Å². The van der Waals surface area contributed by atoms with Gasteiger partial charge in [-0.25, -0.2) is 9.59 Å². The van der Waals surface area contributed by atoms with Crippen LogP contribution in [0.25, 0.3) is 0 Å². The lowest BCUT2D eigenvalue weighted by atomic mass is 10.2. The van der Waals surface area contributed by atoms with Crippen LogP contribution in [0, 0.1) is 0 Å². The SMILES string of the molecule is C=CCN(C)C(=O)N[C@H](CCO)C(=O)O. The number of carboxylic acids is 1. The number of hydrogen-bond acceptors (Lipinski definition) is 3. The van der Waals surface area contributed by atoms with Crippen LogP contribution in [0.15, 0.2) is 12.7 Å². The molecule has 0 rings (SSSR count). The molecule has 0 radical (unpaired) electrons. The number of carbonyl (C=O) groups is 2. The Balaban J connectivity index is 4.21. The number of nitrogens with one attached hydrogen (secondary N) is 1. The number of aliphatic hydroxyl groups excluding tert-OH is 1. The minimum atomic E-state index is -1.16. The van der Waals surface area contributed by atoms with Crippen LogP contribution in [0.5, 0.6) is 0 Å². The van der Waals surface area contributed by atoms with E-state index in [9.17, 15) is 9.59 Å². The molecule has 0 aromatic carbocycles. The number of likely N-dealkylation sites (N-methyl/N-ethyl adjacent to an activating group) is 1. The molecule has 0 fully saturated rings. The van der Waals surface area contributed by atoms with Gasteiger partial charge in [0, 0.05) is 26.6 Å². The number of urea groups is 1. The maximum Gasteiger partial charge on any atom is 0.326 e. The molecule has 0 aliphatic carbocycles. The number of carbonyl (C=O) groups excluding carboxylic acids is 1. The van der Waals surface area contributed by atoms with Gasteiger partial charge < -0.3 is 20.4 Å². The lowest BCUT2D eigenvalue weighted by Crippen LogP contribution is -2.47. The average molecular weight is 216 g/mol. The van der Waals surface area contributed by atoms with Crippen molar-refractivity contribution in [1.82, 2.24) is 10.2 Å². The minimum Gasteiger partial charge on any atom is -0.480 e. The van der Waals surface area contributed by atoms with Gasteiger partial charge in [-0.05, 0) is 0 Å². The van der Waals surface area contributed by atoms with Gasteiger partial charge in [0.25, 0.3) is 0 Å². The standard InChI is InChI=1S/C9H16N2O4/c1-3-5-11(2)9(15)10-7(4-6-12)8(13)14/h3,7,12H,1,4-6H2,2H3,(H,10,15)(H,13,14)/t7-/m1/s1. The monoisotopic (exact) mass is 216 g/mol. The Morgan fingerprint density at radius 1 is 1.60 bits per heavy atom. The molecule has 0 aliphatic rings. The normalized spacial score (nSPS) is 11.6. The molecule has 0 saturated carbocycles. The Bertz CT molecular complexity index is 242. The highest BCUT2D eigenvalue weighted by Crippen LogP contribution is 1.94. The number of carboxylic acid groups (broad SMARTS) is 1. The van der Waals surface area contributed by atoms with Gasteiger partial charge in [-0.3, -0.25) is 0 Å². The smallest absolute Gasteiger partial charge is 0.326 e. The summed E-state index contributed by atoms with van der Waals surface area (Å²) in [6, 6.07) is -1.56. The summed E-state index contributed by atoms with van der Waals surface area (Å²) in [7, 11) is 1.52. The van der Waals surface area contributed by atoms with Crippen LogP contribution < -0.4 is 5.32 Å². The Hall–Kier alpha value is -1.56. The van der Waals surface area contributed by atoms with Crippen LogP contribution >= 0.6 is 0 Å². The third kappa shape index (κ3) is 5.02. The van der Waals surface area contributed by atoms with E-state index in [0.717, 1.165) is 0 Å². The molecular weight excluding hydrogens is 200 g/mol. The first-order chi connectivity index (χ1) is 7.02. The van der Waals surface area contributed by atoms with Crippen molar-refractivity contribution in [3.8, 4) is 0 Å². The van der Waals surface area contributed by atoms with E-state index in [2.05, 4.69) is 11.9 Å². The molecule has 0 heterocycles. The Kier molecular flexibility index (Phi) is 6.12. The number of amides is 2. The van der Waals surface area contributed by atoms with Crippen molar-refractivity contribution >= 4 is 12.0 Å². The van der Waals surface area contributed by atoms with Crippen molar-refractivity contribution < 1.29 is 19.8 Å². The van der Waals surface area contributed by atoms with E-state index in [1.54, 1.807) is 0 Å². The van der Waals surface area contributed by atoms with Crippen LogP contribution in [0.2, 0.25) is 0 Å². The molecule has 2 amide bonds. The predicted octanol–water partition coefficient (Wildman–Crippen LogP) is -0.351. The van der Waals surface area contributed by atoms with Crippen molar-refractivity contribution in [2.75, 3.05) is 20.2 Å². The number of rotatable bonds is 6. The van der Waals surface area contributed by atoms with Gasteiger partial charge in [0.05, 0.1) is 0 Å². The van der Waals surface area contributed by atoms with Crippen molar-refractivity contribution in [2.24, 2.45) is 0 Å². The van der Waals surface area contributed by atoms with Crippen molar-refractivity contribution in [3.05, 3.63) is 12.7 Å². The van der Waals surface area contributed by atoms with Gasteiger partial charge in [-0.2, -0.15) is 0 Å². The summed E-state index contributed by atoms with van der Waals surface area (Å²) >= 11 is 0. The maximum absolute atomic E-state index is 11.3. The van der Waals surface area contributed by atoms with Gasteiger partial charge in [0.1, 0.15) is 6.04 Å². The summed E-state index contributed by atoms with van der Waals surface area (Å²) in [5, 5.41) is 19.6. The summed E-state index contributed by atoms with van der Waals surface area (Å²) in [4.78, 5) is 23.3. The Morgan fingerprint density at radius 2 is 2.20 bits per heavy atom. The Labute approximate surface area is 88.2 Å². The molecule has 0 spiro atoms. The summed E-state index contributed by atoms with van der Waals surface area (Å²) in [6.45, 7) is 3.50. The van der Waals surface area contributed by atoms with Gasteiger partial charge in [0.15, 0.2) is 0 Å². The Morgan fingerprint density at radius 3 is 2.60 bits per heavy atom. The maximum atomic E-state index is 11.3. The molecule has 15 heavy (non-hydrogen) atoms. The topological polar surface area (TPSA) is 89.9 Å². The molecule has 3 N–H and O–H groups in total. The van der Waals surface area contributed by atoms with E-state index < -0.39 is 18.0 Å². The molecule has 0 saturated heterocycles. The molecular formula is C9H16N2O4. The average Bonchev–Trinajstić information content (AvgIpc) is 2.17. The zero-order valence-corrected chi connectivity index (χ0v) is 8.64. The number of aliphatic hydroxyl groups is 1. The van der Waals surface area contributed by atoms with E-state index in [1.807, 2.05) is 0 Å². The zero-order valence-electron chi connectivity index (χ0n) is 8.64. The fourth-order valence-electron chi connectivity index (χ4n) is 0.922. The quantitative estimate of drug-likeness (QED) is 0.529. The number of aliphatic carboxylic acids is 1. The van der Waals surface area contributed by atoms with Gasteiger partial charge in [-0.1, -0.05) is 6.08 Å². The predicted molar refractivity (Wildman–Crippen MR) is 54.5 cm³/mol. The van der Waals surface area contributed by atoms with Crippen molar-refractivity contribution in [1.29, 1.82) is 0 Å². The second-order valence-corrected chi connectivity index (χ2v) is 3.02. The van der Waals surface area contributed by atoms with E-state index in [4.69, 9.17) is 10.2 Å². The zero-order chi connectivity index (χ0) is 11.8. The second-order valence-electron chi connectivity index (χ2n) is 3.02. The second kappa shape index (κ2) is 6.83. The fourth-order valence-corrected chi connectivity index (χ4v) is 0.922. The molecule has 0 bridgehead atoms. The van der Waals surface area contributed by atoms with Crippen LogP contribution in [-0.4, -0.2) is 53.4 Å².